The molecule has 0 atom stereocenters. The second-order valence-electron chi connectivity index (χ2n) is 3.83. The minimum Gasteiger partial charge on any atom is -0.497 e. The molecule has 1 aliphatic carbocycles. The van der Waals surface area contributed by atoms with E-state index in [1.807, 2.05) is 6.08 Å². The van der Waals surface area contributed by atoms with E-state index >= 15 is 0 Å². The Labute approximate surface area is 99.3 Å². The van der Waals surface area contributed by atoms with Gasteiger partial charge in [0.1, 0.15) is 11.5 Å². The van der Waals surface area contributed by atoms with Crippen LogP contribution in [0.5, 0.6) is 0 Å². The van der Waals surface area contributed by atoms with Crippen LogP contribution < -0.4 is 0 Å². The molecule has 0 aromatic carbocycles. The van der Waals surface area contributed by atoms with Gasteiger partial charge in [-0.05, 0) is 18.9 Å². The second-order valence-corrected chi connectivity index (χ2v) is 3.83. The van der Waals surface area contributed by atoms with Crippen LogP contribution in [0.15, 0.2) is 17.6 Å². The summed E-state index contributed by atoms with van der Waals surface area (Å²) in [4.78, 5) is 0. The van der Waals surface area contributed by atoms with E-state index in [4.69, 9.17) is 9.47 Å². The first-order chi connectivity index (χ1) is 7.86. The van der Waals surface area contributed by atoms with Gasteiger partial charge >= 0.3 is 0 Å². The number of ether oxygens (including phenoxy) is 2. The van der Waals surface area contributed by atoms with Gasteiger partial charge in [0.2, 0.25) is 0 Å². The van der Waals surface area contributed by atoms with Crippen LogP contribution in [-0.2, 0) is 9.47 Å². The fourth-order valence-corrected chi connectivity index (χ4v) is 1.27. The lowest BCUT2D eigenvalue weighted by Gasteiger charge is -2.15. The zero-order chi connectivity index (χ0) is 11.6. The van der Waals surface area contributed by atoms with Crippen LogP contribution in [0, 0.1) is 12.5 Å². The maximum atomic E-state index is 5.54. The molecule has 0 saturated carbocycles. The Kier molecular flexibility index (Phi) is 6.78. The van der Waals surface area contributed by atoms with Gasteiger partial charge in [-0.15, -0.1) is 0 Å². The molecule has 3 radical (unpaired) electrons. The highest BCUT2D eigenvalue weighted by atomic mass is 16.5. The minimum absolute atomic E-state index is 0.682. The van der Waals surface area contributed by atoms with E-state index in [-0.39, 0.29) is 0 Å². The summed E-state index contributed by atoms with van der Waals surface area (Å²) in [6.45, 7) is 5.85. The SMILES string of the molecule is CCCCOC1=[C]C=C(OCCCC)[C]C1. The fourth-order valence-electron chi connectivity index (χ4n) is 1.27. The molecular weight excluding hydrogens is 200 g/mol. The van der Waals surface area contributed by atoms with E-state index in [2.05, 4.69) is 26.3 Å². The molecule has 0 fully saturated rings. The molecule has 0 aromatic heterocycles. The molecule has 0 unspecified atom stereocenters. The Morgan fingerprint density at radius 3 is 2.38 bits per heavy atom. The van der Waals surface area contributed by atoms with Crippen LogP contribution in [0.2, 0.25) is 0 Å². The lowest BCUT2D eigenvalue weighted by molar-refractivity contribution is 0.185. The van der Waals surface area contributed by atoms with Crippen molar-refractivity contribution >= 4 is 0 Å². The van der Waals surface area contributed by atoms with Crippen LogP contribution in [0.3, 0.4) is 0 Å². The third-order valence-corrected chi connectivity index (χ3v) is 2.32. The molecule has 0 heterocycles. The van der Waals surface area contributed by atoms with E-state index in [1.165, 1.54) is 0 Å². The van der Waals surface area contributed by atoms with Gasteiger partial charge in [0.05, 0.1) is 19.6 Å². The van der Waals surface area contributed by atoms with Crippen molar-refractivity contribution in [1.82, 2.24) is 0 Å². The van der Waals surface area contributed by atoms with Crippen molar-refractivity contribution in [1.29, 1.82) is 0 Å². The Morgan fingerprint density at radius 1 is 1.12 bits per heavy atom. The fraction of sp³-hybridized carbons (Fsp3) is 0.643. The van der Waals surface area contributed by atoms with Gasteiger partial charge < -0.3 is 9.47 Å². The molecule has 1 aliphatic rings. The Morgan fingerprint density at radius 2 is 1.81 bits per heavy atom. The van der Waals surface area contributed by atoms with Gasteiger partial charge in [-0.1, -0.05) is 26.7 Å². The molecule has 0 N–H and O–H groups in total. The van der Waals surface area contributed by atoms with E-state index in [9.17, 15) is 0 Å². The van der Waals surface area contributed by atoms with Gasteiger partial charge in [-0.25, -0.2) is 0 Å². The largest absolute Gasteiger partial charge is 0.497 e. The van der Waals surface area contributed by atoms with Crippen LogP contribution in [-0.4, -0.2) is 13.2 Å². The summed E-state index contributed by atoms with van der Waals surface area (Å²) in [6, 6.07) is 0. The van der Waals surface area contributed by atoms with E-state index in [0.717, 1.165) is 50.4 Å². The first-order valence-electron chi connectivity index (χ1n) is 6.18. The Hall–Kier alpha value is -0.920. The summed E-state index contributed by atoms with van der Waals surface area (Å²) in [5, 5.41) is 0. The molecule has 0 saturated heterocycles. The predicted molar refractivity (Wildman–Crippen MR) is 64.4 cm³/mol. The molecule has 89 valence electrons. The normalized spacial score (nSPS) is 15.4. The predicted octanol–water partition coefficient (Wildman–Crippen LogP) is 3.68. The van der Waals surface area contributed by atoms with Crippen molar-refractivity contribution in [3.63, 3.8) is 0 Å². The van der Waals surface area contributed by atoms with Crippen LogP contribution in [0.4, 0.5) is 0 Å². The number of hydrogen-bond donors (Lipinski definition) is 0. The second kappa shape index (κ2) is 8.26. The van der Waals surface area contributed by atoms with Crippen molar-refractivity contribution < 1.29 is 9.47 Å². The molecule has 2 heteroatoms. The van der Waals surface area contributed by atoms with Gasteiger partial charge in [0.25, 0.3) is 0 Å². The Bertz CT molecular complexity index is 215. The zero-order valence-electron chi connectivity index (χ0n) is 10.3. The Balaban J connectivity index is 2.21. The highest BCUT2D eigenvalue weighted by Gasteiger charge is 2.09. The van der Waals surface area contributed by atoms with Gasteiger partial charge in [-0.2, -0.15) is 0 Å². The third-order valence-electron chi connectivity index (χ3n) is 2.32. The number of hydrogen-bond acceptors (Lipinski definition) is 2. The lowest BCUT2D eigenvalue weighted by Crippen LogP contribution is -2.03. The zero-order valence-corrected chi connectivity index (χ0v) is 10.3. The summed E-state index contributed by atoms with van der Waals surface area (Å²) < 4.78 is 11.1. The highest BCUT2D eigenvalue weighted by Crippen LogP contribution is 2.19. The summed E-state index contributed by atoms with van der Waals surface area (Å²) in [6.07, 6.45) is 13.3. The summed E-state index contributed by atoms with van der Waals surface area (Å²) in [5.41, 5.74) is 0. The van der Waals surface area contributed by atoms with E-state index in [0.29, 0.717) is 6.42 Å². The first-order valence-corrected chi connectivity index (χ1v) is 6.18. The molecule has 1 rings (SSSR count). The van der Waals surface area contributed by atoms with Crippen molar-refractivity contribution in [3.8, 4) is 0 Å². The molecule has 0 aromatic rings. The third kappa shape index (κ3) is 5.24. The smallest absolute Gasteiger partial charge is 0.105 e. The maximum absolute atomic E-state index is 5.54. The van der Waals surface area contributed by atoms with Crippen molar-refractivity contribution in [2.45, 2.75) is 46.0 Å². The molecule has 0 bridgehead atoms. The average Bonchev–Trinajstić information content (AvgIpc) is 2.32. The molecule has 0 aliphatic heterocycles. The minimum atomic E-state index is 0.682. The molecule has 2 nitrogen and oxygen atoms in total. The van der Waals surface area contributed by atoms with Crippen LogP contribution in [0.1, 0.15) is 46.0 Å². The summed E-state index contributed by atoms with van der Waals surface area (Å²) in [7, 11) is 0. The summed E-state index contributed by atoms with van der Waals surface area (Å²) in [5.74, 6) is 1.67. The van der Waals surface area contributed by atoms with Crippen LogP contribution >= 0.6 is 0 Å². The lowest BCUT2D eigenvalue weighted by atomic mass is 10.1. The quantitative estimate of drug-likeness (QED) is 0.582. The monoisotopic (exact) mass is 221 g/mol. The summed E-state index contributed by atoms with van der Waals surface area (Å²) >= 11 is 0. The van der Waals surface area contributed by atoms with Crippen LogP contribution in [0.25, 0.3) is 0 Å². The topological polar surface area (TPSA) is 18.5 Å². The molecule has 0 spiro atoms. The molecule has 16 heavy (non-hydrogen) atoms. The maximum Gasteiger partial charge on any atom is 0.105 e. The molecule has 0 amide bonds. The van der Waals surface area contributed by atoms with E-state index in [1.54, 1.807) is 0 Å². The van der Waals surface area contributed by atoms with Crippen molar-refractivity contribution in [3.05, 3.63) is 30.1 Å². The number of unbranched alkanes of at least 4 members (excludes halogenated alkanes) is 2. The molecular formula is C14H21O2. The first kappa shape index (κ1) is 13.1. The van der Waals surface area contributed by atoms with E-state index < -0.39 is 0 Å². The highest BCUT2D eigenvalue weighted by molar-refractivity contribution is 5.20. The van der Waals surface area contributed by atoms with Gasteiger partial charge in [0.15, 0.2) is 0 Å². The van der Waals surface area contributed by atoms with Crippen molar-refractivity contribution in [2.24, 2.45) is 0 Å². The van der Waals surface area contributed by atoms with Gasteiger partial charge in [-0.3, -0.25) is 0 Å². The number of rotatable bonds is 8. The standard InChI is InChI=1S/C14H21O2/c1-3-5-11-15-13-7-9-14(10-8-13)16-12-6-4-2/h7H,3-6,10-12H2,1-2H3. The van der Waals surface area contributed by atoms with Gasteiger partial charge in [0, 0.05) is 12.5 Å². The average molecular weight is 221 g/mol. The number of allylic oxidation sites excluding steroid dienone is 4. The van der Waals surface area contributed by atoms with Crippen molar-refractivity contribution in [2.75, 3.05) is 13.2 Å².